The number of benzene rings is 2. The zero-order valence-corrected chi connectivity index (χ0v) is 21.2. The van der Waals surface area contributed by atoms with Crippen LogP contribution < -0.4 is 5.32 Å². The van der Waals surface area contributed by atoms with Gasteiger partial charge in [-0.15, -0.1) is 5.10 Å². The number of carbonyl (C=O) groups is 2. The third kappa shape index (κ3) is 6.05. The van der Waals surface area contributed by atoms with E-state index < -0.39 is 25.8 Å². The lowest BCUT2D eigenvalue weighted by molar-refractivity contribution is -0.111. The SMILES string of the molecule is O=C(O)c1ccccc1I(=O)=O.O=CC1CCC(Nc2nccc(-n3nnc4ccccc43)n2)CC1. The monoisotopic (exact) mass is 602 g/mol. The Labute approximate surface area is 213 Å². The van der Waals surface area contributed by atoms with Crippen LogP contribution in [0.15, 0.2) is 60.8 Å². The summed E-state index contributed by atoms with van der Waals surface area (Å²) in [6, 6.07) is 15.5. The fraction of sp³-hybridized carbons (Fsp3) is 0.250. The van der Waals surface area contributed by atoms with Crippen LogP contribution in [0.5, 0.6) is 0 Å². The normalized spacial score (nSPS) is 17.2. The average molecular weight is 602 g/mol. The molecule has 1 saturated carbocycles. The molecule has 0 bridgehead atoms. The number of aromatic carboxylic acids is 1. The molecule has 36 heavy (non-hydrogen) atoms. The van der Waals surface area contributed by atoms with Crippen LogP contribution in [0.1, 0.15) is 36.0 Å². The van der Waals surface area contributed by atoms with Gasteiger partial charge in [-0.25, -0.2) is 15.9 Å². The summed E-state index contributed by atoms with van der Waals surface area (Å²) in [6.07, 6.45) is 6.57. The highest BCUT2D eigenvalue weighted by Gasteiger charge is 2.21. The van der Waals surface area contributed by atoms with E-state index in [0.717, 1.165) is 43.0 Å². The number of para-hydroxylation sites is 1. The molecule has 5 rings (SSSR count). The second-order valence-corrected chi connectivity index (χ2v) is 10.5. The molecule has 0 aliphatic heterocycles. The predicted molar refractivity (Wildman–Crippen MR) is 137 cm³/mol. The summed E-state index contributed by atoms with van der Waals surface area (Å²) in [5, 5.41) is 20.3. The molecule has 4 aromatic rings. The average Bonchev–Trinajstić information content (AvgIpc) is 3.34. The zero-order chi connectivity index (χ0) is 25.5. The van der Waals surface area contributed by atoms with Crippen molar-refractivity contribution in [3.8, 4) is 5.82 Å². The fourth-order valence-corrected chi connectivity index (χ4v) is 5.31. The molecule has 0 amide bonds. The largest absolute Gasteiger partial charge is 0.478 e. The first-order chi connectivity index (χ1) is 17.5. The van der Waals surface area contributed by atoms with Crippen molar-refractivity contribution in [2.24, 2.45) is 5.92 Å². The van der Waals surface area contributed by atoms with Gasteiger partial charge in [0.05, 0.1) is 14.7 Å². The molecule has 2 aromatic carbocycles. The molecule has 11 nitrogen and oxygen atoms in total. The number of carbonyl (C=O) groups excluding carboxylic acids is 1. The second-order valence-electron chi connectivity index (χ2n) is 8.12. The minimum absolute atomic E-state index is 0.0609. The Morgan fingerprint density at radius 3 is 2.44 bits per heavy atom. The van der Waals surface area contributed by atoms with Crippen LogP contribution in [-0.2, 0) is 10.9 Å². The first-order valence-electron chi connectivity index (χ1n) is 11.2. The number of anilines is 1. The van der Waals surface area contributed by atoms with Gasteiger partial charge in [0.1, 0.15) is 11.8 Å². The van der Waals surface area contributed by atoms with Crippen molar-refractivity contribution < 1.29 is 20.8 Å². The summed E-state index contributed by atoms with van der Waals surface area (Å²) in [5.41, 5.74) is 1.60. The van der Waals surface area contributed by atoms with Crippen LogP contribution in [0.25, 0.3) is 16.9 Å². The molecular weight excluding hydrogens is 579 g/mol. The van der Waals surface area contributed by atoms with Gasteiger partial charge in [-0.1, -0.05) is 29.5 Å². The van der Waals surface area contributed by atoms with Crippen molar-refractivity contribution in [2.45, 2.75) is 31.7 Å². The van der Waals surface area contributed by atoms with Gasteiger partial charge in [0.25, 0.3) is 0 Å². The molecule has 1 aliphatic carbocycles. The van der Waals surface area contributed by atoms with Gasteiger partial charge < -0.3 is 15.2 Å². The lowest BCUT2D eigenvalue weighted by Gasteiger charge is -2.26. The molecule has 2 N–H and O–H groups in total. The molecule has 2 aromatic heterocycles. The van der Waals surface area contributed by atoms with Crippen LogP contribution in [0.3, 0.4) is 0 Å². The van der Waals surface area contributed by atoms with Crippen LogP contribution in [0, 0.1) is 9.49 Å². The van der Waals surface area contributed by atoms with Gasteiger partial charge in [0.2, 0.25) is 5.95 Å². The van der Waals surface area contributed by atoms with Crippen molar-refractivity contribution in [2.75, 3.05) is 5.32 Å². The molecule has 0 unspecified atom stereocenters. The van der Waals surface area contributed by atoms with Crippen LogP contribution in [0.4, 0.5) is 5.95 Å². The van der Waals surface area contributed by atoms with Crippen molar-refractivity contribution in [3.05, 3.63) is 69.9 Å². The topological polar surface area (TPSA) is 157 Å². The molecular formula is C24H23IN6O5. The van der Waals surface area contributed by atoms with Crippen molar-refractivity contribution in [3.63, 3.8) is 0 Å². The smallest absolute Gasteiger partial charge is 0.341 e. The lowest BCUT2D eigenvalue weighted by Crippen LogP contribution is -2.27. The summed E-state index contributed by atoms with van der Waals surface area (Å²) in [6.45, 7) is 0. The zero-order valence-electron chi connectivity index (χ0n) is 19.0. The third-order valence-electron chi connectivity index (χ3n) is 5.78. The number of rotatable bonds is 6. The summed E-state index contributed by atoms with van der Waals surface area (Å²) in [5.74, 6) is 0.265. The quantitative estimate of drug-likeness (QED) is 0.243. The Morgan fingerprint density at radius 1 is 1.03 bits per heavy atom. The maximum absolute atomic E-state index is 10.8. The van der Waals surface area contributed by atoms with E-state index in [1.807, 2.05) is 30.3 Å². The molecule has 0 spiro atoms. The van der Waals surface area contributed by atoms with Crippen molar-refractivity contribution >= 4 is 49.0 Å². The number of nitrogens with one attached hydrogen (secondary N) is 1. The Balaban J connectivity index is 0.000000214. The summed E-state index contributed by atoms with van der Waals surface area (Å²) >= 11 is -3.67. The van der Waals surface area contributed by atoms with E-state index >= 15 is 0 Å². The van der Waals surface area contributed by atoms with Crippen molar-refractivity contribution in [1.29, 1.82) is 0 Å². The van der Waals surface area contributed by atoms with Crippen molar-refractivity contribution in [1.82, 2.24) is 25.0 Å². The first-order valence-corrected chi connectivity index (χ1v) is 14.0. The maximum atomic E-state index is 10.8. The molecule has 0 atom stereocenters. The highest BCUT2D eigenvalue weighted by Crippen LogP contribution is 2.25. The molecule has 2 heterocycles. The molecule has 12 heteroatoms. The van der Waals surface area contributed by atoms with Crippen LogP contribution in [-0.4, -0.2) is 48.4 Å². The Bertz CT molecular complexity index is 1440. The van der Waals surface area contributed by atoms with E-state index in [9.17, 15) is 15.7 Å². The van der Waals surface area contributed by atoms with E-state index in [2.05, 4.69) is 25.6 Å². The molecule has 1 fully saturated rings. The Hall–Kier alpha value is -3.81. The van der Waals surface area contributed by atoms with E-state index in [1.54, 1.807) is 10.9 Å². The summed E-state index contributed by atoms with van der Waals surface area (Å²) < 4.78 is 22.8. The number of aromatic nitrogens is 5. The number of nitrogens with zero attached hydrogens (tertiary/aromatic N) is 5. The van der Waals surface area contributed by atoms with Gasteiger partial charge in [0, 0.05) is 24.2 Å². The molecule has 0 saturated heterocycles. The van der Waals surface area contributed by atoms with Gasteiger partial charge in [-0.2, -0.15) is 9.67 Å². The Morgan fingerprint density at radius 2 is 1.75 bits per heavy atom. The first kappa shape index (κ1) is 25.3. The minimum Gasteiger partial charge on any atom is -0.478 e. The standard InChI is InChI=1S/C17H18N6O.C7H5IO4/c24-11-12-5-7-13(8-6-12)19-17-18-10-9-16(20-17)23-15-4-2-1-3-14(15)21-22-23;9-7(10)5-3-1-2-4-6(5)8(11)12/h1-4,9-13H,5-8H2,(H,18,19,20);1-4H,(H,9,10). The number of carboxylic acid groups (broad SMARTS) is 1. The van der Waals surface area contributed by atoms with E-state index in [1.165, 1.54) is 24.3 Å². The van der Waals surface area contributed by atoms with E-state index in [-0.39, 0.29) is 15.1 Å². The molecule has 1 aliphatic rings. The Kier molecular flexibility index (Phi) is 8.25. The van der Waals surface area contributed by atoms with Gasteiger partial charge in [-0.05, 0) is 49.9 Å². The second kappa shape index (κ2) is 11.7. The van der Waals surface area contributed by atoms with Gasteiger partial charge in [-0.3, -0.25) is 0 Å². The fourth-order valence-electron chi connectivity index (χ4n) is 3.93. The van der Waals surface area contributed by atoms with Crippen LogP contribution >= 0.6 is 19.8 Å². The van der Waals surface area contributed by atoms with Gasteiger partial charge in [0.15, 0.2) is 5.82 Å². The highest BCUT2D eigenvalue weighted by atomic mass is 127. The highest BCUT2D eigenvalue weighted by molar-refractivity contribution is 14.2. The maximum Gasteiger partial charge on any atom is 0.341 e. The van der Waals surface area contributed by atoms with E-state index in [4.69, 9.17) is 5.11 Å². The lowest BCUT2D eigenvalue weighted by atomic mass is 9.87. The summed E-state index contributed by atoms with van der Waals surface area (Å²) in [4.78, 5) is 30.2. The number of hydrogen-bond donors (Lipinski definition) is 2. The molecule has 186 valence electrons. The third-order valence-corrected chi connectivity index (χ3v) is 7.67. The number of aldehydes is 1. The van der Waals surface area contributed by atoms with Crippen LogP contribution in [0.2, 0.25) is 0 Å². The number of hydrogen-bond acceptors (Lipinski definition) is 9. The minimum atomic E-state index is -3.67. The van der Waals surface area contributed by atoms with Gasteiger partial charge >= 0.3 is 25.8 Å². The number of fused-ring (bicyclic) bond motifs is 1. The number of carboxylic acids is 1. The summed E-state index contributed by atoms with van der Waals surface area (Å²) in [7, 11) is 0. The van der Waals surface area contributed by atoms with E-state index in [0.29, 0.717) is 17.8 Å². The predicted octanol–water partition coefficient (Wildman–Crippen LogP) is 4.13. The number of halogens is 1. The molecule has 0 radical (unpaired) electrons.